The molecule has 1 aromatic carbocycles. The molecule has 0 aliphatic rings. The molecule has 0 amide bonds. The van der Waals surface area contributed by atoms with Gasteiger partial charge in [-0.2, -0.15) is 5.10 Å². The Hall–Kier alpha value is -2.63. The topological polar surface area (TPSA) is 102 Å². The zero-order chi connectivity index (χ0) is 15.1. The van der Waals surface area contributed by atoms with Crippen LogP contribution in [0.3, 0.4) is 0 Å². The number of hydrogen-bond donors (Lipinski definition) is 2. The highest BCUT2D eigenvalue weighted by Gasteiger charge is 2.09. The van der Waals surface area contributed by atoms with Crippen molar-refractivity contribution in [2.24, 2.45) is 16.7 Å². The average Bonchev–Trinajstić information content (AvgIpc) is 2.44. The Bertz CT molecular complexity index is 547. The molecule has 1 rings (SSSR count). The number of Topliss-reactive ketones (excluding diaryl/α,β-unsaturated/α-hetero) is 1. The summed E-state index contributed by atoms with van der Waals surface area (Å²) < 4.78 is 0. The van der Waals surface area contributed by atoms with E-state index < -0.39 is 0 Å². The first-order valence-corrected chi connectivity index (χ1v) is 6.00. The molecular weight excluding hydrogens is 256 g/mol. The average molecular weight is 274 g/mol. The number of allylic oxidation sites excluding steroid dienone is 1. The summed E-state index contributed by atoms with van der Waals surface area (Å²) in [7, 11) is 1.73. The van der Waals surface area contributed by atoms with E-state index >= 15 is 0 Å². The normalized spacial score (nSPS) is 12.1. The quantitative estimate of drug-likeness (QED) is 0.194. The molecule has 0 radical (unpaired) electrons. The highest BCUT2D eigenvalue weighted by molar-refractivity contribution is 6.19. The molecule has 0 aliphatic heterocycles. The van der Waals surface area contributed by atoms with Crippen LogP contribution in [-0.4, -0.2) is 36.4 Å². The van der Waals surface area contributed by atoms with Crippen LogP contribution >= 0.6 is 0 Å². The lowest BCUT2D eigenvalue weighted by molar-refractivity contribution is -0.112. The van der Waals surface area contributed by atoms with Crippen molar-refractivity contribution in [3.63, 3.8) is 0 Å². The van der Waals surface area contributed by atoms with Gasteiger partial charge in [-0.15, -0.1) is 0 Å². The first kappa shape index (κ1) is 15.4. The van der Waals surface area contributed by atoms with Crippen LogP contribution < -0.4 is 11.6 Å². The molecule has 4 N–H and O–H groups in total. The smallest absolute Gasteiger partial charge is 0.161 e. The van der Waals surface area contributed by atoms with Gasteiger partial charge >= 0.3 is 0 Å². The summed E-state index contributed by atoms with van der Waals surface area (Å²) in [5, 5.41) is 3.41. The third-order valence-corrected chi connectivity index (χ3v) is 2.72. The molecule has 0 aliphatic carbocycles. The molecule has 1 aromatic rings. The fourth-order valence-corrected chi connectivity index (χ4v) is 1.65. The molecule has 6 heteroatoms. The molecule has 106 valence electrons. The van der Waals surface area contributed by atoms with Crippen molar-refractivity contribution in [1.82, 2.24) is 4.90 Å². The van der Waals surface area contributed by atoms with Crippen molar-refractivity contribution in [2.75, 3.05) is 13.6 Å². The van der Waals surface area contributed by atoms with Gasteiger partial charge < -0.3 is 21.3 Å². The number of likely N-dealkylation sites (N-methyl/N-ethyl adjacent to an activating group) is 1. The Labute approximate surface area is 117 Å². The van der Waals surface area contributed by atoms with Gasteiger partial charge in [-0.25, -0.2) is 0 Å². The van der Waals surface area contributed by atoms with Gasteiger partial charge in [0.15, 0.2) is 5.78 Å². The lowest BCUT2D eigenvalue weighted by Gasteiger charge is -2.13. The lowest BCUT2D eigenvalue weighted by atomic mass is 10.0. The zero-order valence-electron chi connectivity index (χ0n) is 11.5. The number of hydrogen-bond acceptors (Lipinski definition) is 5. The van der Waals surface area contributed by atoms with Crippen molar-refractivity contribution in [3.8, 4) is 0 Å². The number of aldehydes is 1. The van der Waals surface area contributed by atoms with Crippen LogP contribution in [0.15, 0.2) is 35.6 Å². The lowest BCUT2D eigenvalue weighted by Crippen LogP contribution is -2.16. The number of nitrogens with two attached hydrogens (primary N) is 2. The summed E-state index contributed by atoms with van der Waals surface area (Å²) in [6.07, 6.45) is 2.42. The monoisotopic (exact) mass is 274 g/mol. The second kappa shape index (κ2) is 7.08. The molecule has 0 heterocycles. The summed E-state index contributed by atoms with van der Waals surface area (Å²) in [5.74, 6) is 5.25. The van der Waals surface area contributed by atoms with Crippen LogP contribution in [0.1, 0.15) is 18.1 Å². The highest BCUT2D eigenvalue weighted by atomic mass is 16.1. The molecule has 20 heavy (non-hydrogen) atoms. The maximum Gasteiger partial charge on any atom is 0.161 e. The minimum atomic E-state index is -0.0871. The largest absolute Gasteiger partial charge is 0.382 e. The second-order valence-electron chi connectivity index (χ2n) is 4.30. The van der Waals surface area contributed by atoms with E-state index in [-0.39, 0.29) is 18.2 Å². The fraction of sp³-hybridized carbons (Fsp3) is 0.214. The molecule has 0 unspecified atom stereocenters. The summed E-state index contributed by atoms with van der Waals surface area (Å²) in [4.78, 5) is 23.8. The summed E-state index contributed by atoms with van der Waals surface area (Å²) in [6.45, 7) is 1.70. The predicted molar refractivity (Wildman–Crippen MR) is 78.7 cm³/mol. The summed E-state index contributed by atoms with van der Waals surface area (Å²) in [6, 6.07) is 6.99. The van der Waals surface area contributed by atoms with Crippen LogP contribution in [0.5, 0.6) is 0 Å². The van der Waals surface area contributed by atoms with Gasteiger partial charge in [-0.05, 0) is 12.5 Å². The van der Waals surface area contributed by atoms with Crippen LogP contribution in [0, 0.1) is 0 Å². The number of amidine groups is 1. The number of carbonyl (C=O) groups excluding carboxylic acids is 2. The van der Waals surface area contributed by atoms with Crippen LogP contribution in [0.25, 0.3) is 5.57 Å². The van der Waals surface area contributed by atoms with Crippen molar-refractivity contribution in [3.05, 3.63) is 41.6 Å². The van der Waals surface area contributed by atoms with Gasteiger partial charge in [0.2, 0.25) is 0 Å². The van der Waals surface area contributed by atoms with Gasteiger partial charge in [0.25, 0.3) is 0 Å². The molecule has 0 saturated carbocycles. The van der Waals surface area contributed by atoms with E-state index in [1.54, 1.807) is 42.4 Å². The minimum Gasteiger partial charge on any atom is -0.382 e. The van der Waals surface area contributed by atoms with E-state index in [0.717, 1.165) is 11.8 Å². The summed E-state index contributed by atoms with van der Waals surface area (Å²) in [5.41, 5.74) is 7.54. The van der Waals surface area contributed by atoms with Gasteiger partial charge in [-0.3, -0.25) is 4.79 Å². The third-order valence-electron chi connectivity index (χ3n) is 2.72. The van der Waals surface area contributed by atoms with E-state index in [1.165, 1.54) is 6.92 Å². The van der Waals surface area contributed by atoms with Gasteiger partial charge in [0.1, 0.15) is 12.1 Å². The number of carbonyl (C=O) groups is 2. The Morgan fingerprint density at radius 3 is 2.30 bits per heavy atom. The van der Waals surface area contributed by atoms with Crippen LogP contribution in [0.2, 0.25) is 0 Å². The van der Waals surface area contributed by atoms with E-state index in [0.29, 0.717) is 11.1 Å². The Kier molecular flexibility index (Phi) is 5.46. The van der Waals surface area contributed by atoms with E-state index in [2.05, 4.69) is 5.10 Å². The van der Waals surface area contributed by atoms with Crippen LogP contribution in [-0.2, 0) is 9.59 Å². The first-order chi connectivity index (χ1) is 9.49. The maximum absolute atomic E-state index is 11.7. The number of benzene rings is 1. The van der Waals surface area contributed by atoms with E-state index in [4.69, 9.17) is 11.6 Å². The SMILES string of the molecule is CC(=O)/C(=C/N(C)CC=O)c1ccc(/C(N)=N/N)cc1. The van der Waals surface area contributed by atoms with Crippen molar-refractivity contribution in [2.45, 2.75) is 6.92 Å². The van der Waals surface area contributed by atoms with Crippen molar-refractivity contribution >= 4 is 23.5 Å². The molecular formula is C14H18N4O2. The van der Waals surface area contributed by atoms with Crippen molar-refractivity contribution in [1.29, 1.82) is 0 Å². The Morgan fingerprint density at radius 2 is 1.85 bits per heavy atom. The standard InChI is InChI=1S/C14H18N4O2/c1-10(20)13(9-18(2)7-8-19)11-3-5-12(6-4-11)14(15)17-16/h3-6,8-9H,7,16H2,1-2H3,(H2,15,17)/b13-9-. The Morgan fingerprint density at radius 1 is 1.30 bits per heavy atom. The fourth-order valence-electron chi connectivity index (χ4n) is 1.65. The number of hydrazone groups is 1. The molecule has 0 atom stereocenters. The molecule has 0 aromatic heterocycles. The molecule has 0 fully saturated rings. The van der Waals surface area contributed by atoms with Crippen LogP contribution in [0.4, 0.5) is 0 Å². The maximum atomic E-state index is 11.7. The van der Waals surface area contributed by atoms with Gasteiger partial charge in [-0.1, -0.05) is 24.3 Å². The minimum absolute atomic E-state index is 0.0871. The number of nitrogens with zero attached hydrogens (tertiary/aromatic N) is 2. The first-order valence-electron chi connectivity index (χ1n) is 6.00. The second-order valence-corrected chi connectivity index (χ2v) is 4.30. The number of rotatable bonds is 6. The van der Waals surface area contributed by atoms with Gasteiger partial charge in [0.05, 0.1) is 6.54 Å². The summed E-state index contributed by atoms with van der Waals surface area (Å²) >= 11 is 0. The van der Waals surface area contributed by atoms with E-state index in [1.807, 2.05) is 0 Å². The molecule has 0 bridgehead atoms. The van der Waals surface area contributed by atoms with Gasteiger partial charge in [0, 0.05) is 24.4 Å². The predicted octanol–water partition coefficient (Wildman–Crippen LogP) is 0.326. The van der Waals surface area contributed by atoms with E-state index in [9.17, 15) is 9.59 Å². The molecule has 6 nitrogen and oxygen atoms in total. The zero-order valence-corrected chi connectivity index (χ0v) is 11.5. The molecule has 0 saturated heterocycles. The van der Waals surface area contributed by atoms with Crippen molar-refractivity contribution < 1.29 is 9.59 Å². The Balaban J connectivity index is 3.11. The highest BCUT2D eigenvalue weighted by Crippen LogP contribution is 2.17. The molecule has 0 spiro atoms. The number of ketones is 1. The third kappa shape index (κ3) is 3.94.